The molecule has 0 radical (unpaired) electrons. The van der Waals surface area contributed by atoms with E-state index >= 15 is 0 Å². The Morgan fingerprint density at radius 2 is 2.24 bits per heavy atom. The number of pyridine rings is 1. The molecule has 2 aliphatic heterocycles. The van der Waals surface area contributed by atoms with Crippen molar-refractivity contribution in [1.82, 2.24) is 10.3 Å². The Labute approximate surface area is 111 Å². The van der Waals surface area contributed by atoms with Gasteiger partial charge in [0.15, 0.2) is 0 Å². The first-order chi connectivity index (χ1) is 8.25. The first-order valence-corrected chi connectivity index (χ1v) is 6.82. The Balaban J connectivity index is 1.89. The molecule has 5 heteroatoms. The van der Waals surface area contributed by atoms with Crippen molar-refractivity contribution < 1.29 is 0 Å². The molecule has 0 spiro atoms. The number of piperidine rings is 1. The van der Waals surface area contributed by atoms with Gasteiger partial charge < -0.3 is 10.2 Å². The number of rotatable bonds is 1. The van der Waals surface area contributed by atoms with Gasteiger partial charge in [0.1, 0.15) is 5.15 Å². The lowest BCUT2D eigenvalue weighted by molar-refractivity contribution is 0.412. The Morgan fingerprint density at radius 3 is 3.06 bits per heavy atom. The zero-order valence-electron chi connectivity index (χ0n) is 9.50. The maximum atomic E-state index is 6.04. The predicted molar refractivity (Wildman–Crippen MR) is 71.0 cm³/mol. The van der Waals surface area contributed by atoms with Gasteiger partial charge in [-0.2, -0.15) is 0 Å². The summed E-state index contributed by atoms with van der Waals surface area (Å²) in [5.74, 6) is 0. The number of hydrogen-bond acceptors (Lipinski definition) is 3. The average Bonchev–Trinajstić information content (AvgIpc) is 2.80. The highest BCUT2D eigenvalue weighted by Gasteiger charge is 2.35. The summed E-state index contributed by atoms with van der Waals surface area (Å²) >= 11 is 11.9. The Kier molecular flexibility index (Phi) is 3.16. The molecule has 0 bridgehead atoms. The fourth-order valence-electron chi connectivity index (χ4n) is 2.96. The van der Waals surface area contributed by atoms with Crippen LogP contribution in [0.4, 0.5) is 5.69 Å². The van der Waals surface area contributed by atoms with Crippen LogP contribution in [-0.4, -0.2) is 30.2 Å². The maximum absolute atomic E-state index is 6.04. The van der Waals surface area contributed by atoms with Gasteiger partial charge in [-0.1, -0.05) is 23.2 Å². The van der Waals surface area contributed by atoms with E-state index in [9.17, 15) is 0 Å². The number of nitrogens with zero attached hydrogens (tertiary/aromatic N) is 2. The summed E-state index contributed by atoms with van der Waals surface area (Å²) in [4.78, 5) is 6.56. The maximum Gasteiger partial charge on any atom is 0.147 e. The van der Waals surface area contributed by atoms with Crippen molar-refractivity contribution in [2.45, 2.75) is 31.3 Å². The van der Waals surface area contributed by atoms with Crippen molar-refractivity contribution in [1.29, 1.82) is 0 Å². The molecule has 2 unspecified atom stereocenters. The van der Waals surface area contributed by atoms with E-state index in [0.29, 0.717) is 22.3 Å². The van der Waals surface area contributed by atoms with Gasteiger partial charge in [0, 0.05) is 18.6 Å². The van der Waals surface area contributed by atoms with Crippen molar-refractivity contribution in [2.24, 2.45) is 0 Å². The van der Waals surface area contributed by atoms with Crippen LogP contribution in [0.2, 0.25) is 10.2 Å². The van der Waals surface area contributed by atoms with Crippen LogP contribution in [0.1, 0.15) is 19.3 Å². The van der Waals surface area contributed by atoms with Crippen molar-refractivity contribution in [3.05, 3.63) is 22.4 Å². The van der Waals surface area contributed by atoms with Gasteiger partial charge in [-0.15, -0.1) is 0 Å². The minimum Gasteiger partial charge on any atom is -0.366 e. The molecule has 1 aromatic heterocycles. The molecule has 92 valence electrons. The summed E-state index contributed by atoms with van der Waals surface area (Å²) in [7, 11) is 0. The molecule has 3 heterocycles. The van der Waals surface area contributed by atoms with Crippen LogP contribution in [0.5, 0.6) is 0 Å². The largest absolute Gasteiger partial charge is 0.366 e. The summed E-state index contributed by atoms with van der Waals surface area (Å²) in [6, 6.07) is 3.14. The van der Waals surface area contributed by atoms with E-state index in [1.54, 1.807) is 0 Å². The van der Waals surface area contributed by atoms with Gasteiger partial charge >= 0.3 is 0 Å². The first kappa shape index (κ1) is 11.6. The summed E-state index contributed by atoms with van der Waals surface area (Å²) in [6.07, 6.45) is 5.52. The van der Waals surface area contributed by atoms with E-state index < -0.39 is 0 Å². The predicted octanol–water partition coefficient (Wildman–Crippen LogP) is 2.72. The summed E-state index contributed by atoms with van der Waals surface area (Å²) in [5, 5.41) is 4.49. The highest BCUT2D eigenvalue weighted by atomic mass is 35.5. The van der Waals surface area contributed by atoms with Gasteiger partial charge in [-0.3, -0.25) is 0 Å². The lowest BCUT2D eigenvalue weighted by Gasteiger charge is -2.39. The van der Waals surface area contributed by atoms with E-state index in [0.717, 1.165) is 18.8 Å². The van der Waals surface area contributed by atoms with Crippen molar-refractivity contribution in [3.8, 4) is 0 Å². The van der Waals surface area contributed by atoms with Crippen LogP contribution in [0.15, 0.2) is 12.3 Å². The molecule has 3 rings (SSSR count). The fraction of sp³-hybridized carbons (Fsp3) is 0.583. The third-order valence-electron chi connectivity index (χ3n) is 3.74. The number of anilines is 1. The molecule has 3 nitrogen and oxygen atoms in total. The third-order valence-corrected chi connectivity index (χ3v) is 4.43. The molecule has 17 heavy (non-hydrogen) atoms. The lowest BCUT2D eigenvalue weighted by atomic mass is 9.97. The molecular formula is C12H15Cl2N3. The molecule has 1 aromatic rings. The third kappa shape index (κ3) is 2.12. The molecule has 2 atom stereocenters. The summed E-state index contributed by atoms with van der Waals surface area (Å²) in [5.41, 5.74) is 1.10. The van der Waals surface area contributed by atoms with Crippen LogP contribution < -0.4 is 10.2 Å². The van der Waals surface area contributed by atoms with Crippen LogP contribution >= 0.6 is 23.2 Å². The SMILES string of the molecule is Clc1cc(N2CCCC3NCCC32)cnc1Cl. The van der Waals surface area contributed by atoms with Crippen molar-refractivity contribution in [2.75, 3.05) is 18.0 Å². The average molecular weight is 272 g/mol. The van der Waals surface area contributed by atoms with Gasteiger partial charge in [0.2, 0.25) is 0 Å². The van der Waals surface area contributed by atoms with Crippen molar-refractivity contribution >= 4 is 28.9 Å². The molecule has 0 saturated carbocycles. The molecule has 2 fully saturated rings. The number of fused-ring (bicyclic) bond motifs is 1. The van der Waals surface area contributed by atoms with E-state index in [1.165, 1.54) is 19.3 Å². The van der Waals surface area contributed by atoms with Crippen LogP contribution in [0.3, 0.4) is 0 Å². The minimum atomic E-state index is 0.383. The summed E-state index contributed by atoms with van der Waals surface area (Å²) < 4.78 is 0. The Bertz CT molecular complexity index is 424. The van der Waals surface area contributed by atoms with Gasteiger partial charge in [-0.25, -0.2) is 4.98 Å². The monoisotopic (exact) mass is 271 g/mol. The fourth-order valence-corrected chi connectivity index (χ4v) is 3.22. The van der Waals surface area contributed by atoms with Gasteiger partial charge in [0.25, 0.3) is 0 Å². The van der Waals surface area contributed by atoms with Crippen molar-refractivity contribution in [3.63, 3.8) is 0 Å². The zero-order chi connectivity index (χ0) is 11.8. The second-order valence-corrected chi connectivity index (χ2v) is 5.48. The number of halogens is 2. The second kappa shape index (κ2) is 4.63. The minimum absolute atomic E-state index is 0.383. The van der Waals surface area contributed by atoms with E-state index in [1.807, 2.05) is 12.3 Å². The number of aromatic nitrogens is 1. The summed E-state index contributed by atoms with van der Waals surface area (Å²) in [6.45, 7) is 2.20. The Morgan fingerprint density at radius 1 is 1.35 bits per heavy atom. The highest BCUT2D eigenvalue weighted by Crippen LogP contribution is 2.31. The van der Waals surface area contributed by atoms with E-state index in [-0.39, 0.29) is 0 Å². The standard InChI is InChI=1S/C12H15Cl2N3/c13-9-6-8(7-16-12(9)14)17-5-1-2-10-11(17)3-4-15-10/h6-7,10-11,15H,1-5H2. The molecule has 1 N–H and O–H groups in total. The van der Waals surface area contributed by atoms with Gasteiger partial charge in [0.05, 0.1) is 16.9 Å². The normalized spacial score (nSPS) is 28.2. The molecule has 0 amide bonds. The quantitative estimate of drug-likeness (QED) is 0.797. The van der Waals surface area contributed by atoms with Crippen LogP contribution in [-0.2, 0) is 0 Å². The van der Waals surface area contributed by atoms with Crippen LogP contribution in [0, 0.1) is 0 Å². The highest BCUT2D eigenvalue weighted by molar-refractivity contribution is 6.41. The molecule has 2 aliphatic rings. The lowest BCUT2D eigenvalue weighted by Crippen LogP contribution is -2.48. The Hall–Kier alpha value is -0.510. The smallest absolute Gasteiger partial charge is 0.147 e. The molecule has 2 saturated heterocycles. The van der Waals surface area contributed by atoms with E-state index in [4.69, 9.17) is 23.2 Å². The first-order valence-electron chi connectivity index (χ1n) is 6.07. The topological polar surface area (TPSA) is 28.2 Å². The number of nitrogens with one attached hydrogen (secondary N) is 1. The zero-order valence-corrected chi connectivity index (χ0v) is 11.0. The van der Waals surface area contributed by atoms with Crippen LogP contribution in [0.25, 0.3) is 0 Å². The molecule has 0 aromatic carbocycles. The second-order valence-electron chi connectivity index (χ2n) is 4.72. The molecular weight excluding hydrogens is 257 g/mol. The van der Waals surface area contributed by atoms with Gasteiger partial charge in [-0.05, 0) is 31.9 Å². The van der Waals surface area contributed by atoms with E-state index in [2.05, 4.69) is 15.2 Å². The molecule has 0 aliphatic carbocycles. The number of hydrogen-bond donors (Lipinski definition) is 1.